The van der Waals surface area contributed by atoms with Crippen molar-refractivity contribution in [1.82, 2.24) is 0 Å². The van der Waals surface area contributed by atoms with Crippen LogP contribution in [0.15, 0.2) is 66.7 Å². The van der Waals surface area contributed by atoms with Gasteiger partial charge >= 0.3 is 0 Å². The Morgan fingerprint density at radius 1 is 1.04 bits per heavy atom. The first kappa shape index (κ1) is 18.8. The van der Waals surface area contributed by atoms with Gasteiger partial charge < -0.3 is 10.1 Å². The van der Waals surface area contributed by atoms with Crippen LogP contribution in [0.4, 0.5) is 15.8 Å². The van der Waals surface area contributed by atoms with Crippen LogP contribution in [-0.4, -0.2) is 10.8 Å². The number of carbonyl (C=O) groups excluding carboxylic acids is 1. The molecular weight excluding hydrogens is 466 g/mol. The second kappa shape index (κ2) is 8.12. The zero-order chi connectivity index (χ0) is 19.4. The maximum atomic E-state index is 13.3. The zero-order valence-corrected chi connectivity index (χ0v) is 15.8. The molecule has 0 radical (unpaired) electrons. The summed E-state index contributed by atoms with van der Waals surface area (Å²) in [6.07, 6.45) is 0. The molecule has 1 N–H and O–H groups in total. The highest BCUT2D eigenvalue weighted by Crippen LogP contribution is 2.30. The molecule has 3 aromatic rings. The van der Waals surface area contributed by atoms with Crippen LogP contribution in [0, 0.1) is 19.5 Å². The number of hydrogen-bond donors (Lipinski definition) is 1. The lowest BCUT2D eigenvalue weighted by Crippen LogP contribution is -2.12. The number of anilines is 1. The minimum atomic E-state index is -0.588. The minimum absolute atomic E-state index is 0.0987. The molecule has 0 heterocycles. The van der Waals surface area contributed by atoms with E-state index in [2.05, 4.69) is 27.9 Å². The Kier molecular flexibility index (Phi) is 5.65. The third-order valence-electron chi connectivity index (χ3n) is 3.50. The van der Waals surface area contributed by atoms with Crippen molar-refractivity contribution in [2.75, 3.05) is 5.32 Å². The fraction of sp³-hybridized carbons (Fsp3) is 0. The van der Waals surface area contributed by atoms with E-state index >= 15 is 0 Å². The van der Waals surface area contributed by atoms with Gasteiger partial charge in [-0.2, -0.15) is 0 Å². The molecule has 0 fully saturated rings. The van der Waals surface area contributed by atoms with E-state index in [0.29, 0.717) is 5.75 Å². The van der Waals surface area contributed by atoms with Crippen molar-refractivity contribution in [1.29, 1.82) is 0 Å². The van der Waals surface area contributed by atoms with Gasteiger partial charge in [-0.3, -0.25) is 14.9 Å². The van der Waals surface area contributed by atoms with Crippen molar-refractivity contribution < 1.29 is 18.8 Å². The van der Waals surface area contributed by atoms with Crippen LogP contribution in [0.3, 0.4) is 0 Å². The summed E-state index contributed by atoms with van der Waals surface area (Å²) in [5, 5.41) is 13.7. The lowest BCUT2D eigenvalue weighted by atomic mass is 10.2. The molecule has 0 aliphatic heterocycles. The maximum absolute atomic E-state index is 13.3. The first-order valence-electron chi connectivity index (χ1n) is 7.70. The molecule has 6 nitrogen and oxygen atoms in total. The van der Waals surface area contributed by atoms with Crippen molar-refractivity contribution in [3.63, 3.8) is 0 Å². The fourth-order valence-electron chi connectivity index (χ4n) is 2.29. The Hall–Kier alpha value is -3.01. The van der Waals surface area contributed by atoms with Gasteiger partial charge in [0.2, 0.25) is 0 Å². The molecule has 0 aliphatic rings. The number of benzene rings is 3. The number of hydrogen-bond acceptors (Lipinski definition) is 4. The molecule has 8 heteroatoms. The lowest BCUT2D eigenvalue weighted by Gasteiger charge is -2.10. The number of non-ortho nitro benzene ring substituents is 1. The number of carbonyl (C=O) groups is 1. The Morgan fingerprint density at radius 2 is 1.78 bits per heavy atom. The van der Waals surface area contributed by atoms with Gasteiger partial charge in [0.1, 0.15) is 17.3 Å². The normalized spacial score (nSPS) is 10.3. The first-order valence-corrected chi connectivity index (χ1v) is 8.78. The van der Waals surface area contributed by atoms with Crippen LogP contribution < -0.4 is 10.1 Å². The summed E-state index contributed by atoms with van der Waals surface area (Å²) >= 11 is 2.15. The van der Waals surface area contributed by atoms with Gasteiger partial charge in [-0.1, -0.05) is 6.07 Å². The zero-order valence-electron chi connectivity index (χ0n) is 13.7. The summed E-state index contributed by atoms with van der Waals surface area (Å²) in [7, 11) is 0. The Bertz CT molecular complexity index is 1010. The van der Waals surface area contributed by atoms with E-state index in [4.69, 9.17) is 4.74 Å². The molecule has 3 rings (SSSR count). The van der Waals surface area contributed by atoms with E-state index in [-0.39, 0.29) is 22.7 Å². The second-order valence-electron chi connectivity index (χ2n) is 5.49. The molecule has 0 spiro atoms. The SMILES string of the molecule is O=C(Nc1cc(Oc2ccc(I)cc2)cc([N+](=O)[O-])c1)c1cccc(F)c1. The highest BCUT2D eigenvalue weighted by atomic mass is 127. The van der Waals surface area contributed by atoms with E-state index in [0.717, 1.165) is 9.64 Å². The summed E-state index contributed by atoms with van der Waals surface area (Å²) in [6, 6.07) is 16.2. The van der Waals surface area contributed by atoms with Crippen molar-refractivity contribution >= 4 is 39.9 Å². The fourth-order valence-corrected chi connectivity index (χ4v) is 2.65. The number of nitro benzene ring substituents is 1. The molecule has 0 bridgehead atoms. The summed E-state index contributed by atoms with van der Waals surface area (Å²) in [5.74, 6) is -0.446. The summed E-state index contributed by atoms with van der Waals surface area (Å²) in [5.41, 5.74) is 0.0214. The van der Waals surface area contributed by atoms with Crippen molar-refractivity contribution in [2.45, 2.75) is 0 Å². The van der Waals surface area contributed by atoms with Gasteiger partial charge in [-0.25, -0.2) is 4.39 Å². The Labute approximate surface area is 167 Å². The Morgan fingerprint density at radius 3 is 2.44 bits per heavy atom. The highest BCUT2D eigenvalue weighted by molar-refractivity contribution is 14.1. The van der Waals surface area contributed by atoms with Crippen LogP contribution in [0.1, 0.15) is 10.4 Å². The van der Waals surface area contributed by atoms with Gasteiger partial charge in [0, 0.05) is 21.3 Å². The maximum Gasteiger partial charge on any atom is 0.275 e. The monoisotopic (exact) mass is 478 g/mol. The summed E-state index contributed by atoms with van der Waals surface area (Å²) in [4.78, 5) is 22.9. The molecule has 0 aliphatic carbocycles. The predicted molar refractivity (Wildman–Crippen MR) is 107 cm³/mol. The van der Waals surface area contributed by atoms with E-state index in [1.54, 1.807) is 12.1 Å². The van der Waals surface area contributed by atoms with Crippen molar-refractivity contribution in [3.05, 3.63) is 91.8 Å². The Balaban J connectivity index is 1.88. The molecule has 1 amide bonds. The second-order valence-corrected chi connectivity index (χ2v) is 6.74. The third-order valence-corrected chi connectivity index (χ3v) is 4.22. The molecule has 0 saturated heterocycles. The number of halogens is 2. The quantitative estimate of drug-likeness (QED) is 0.303. The molecule has 0 saturated carbocycles. The average Bonchev–Trinajstić information content (AvgIpc) is 2.63. The van der Waals surface area contributed by atoms with Gasteiger partial charge in [0.15, 0.2) is 0 Å². The molecule has 3 aromatic carbocycles. The standard InChI is InChI=1S/C19H12FIN2O4/c20-13-3-1-2-12(8-13)19(24)22-15-9-16(23(25)26)11-18(10-15)27-17-6-4-14(21)5-7-17/h1-11H,(H,22,24). The third kappa shape index (κ3) is 5.00. The minimum Gasteiger partial charge on any atom is -0.457 e. The van der Waals surface area contributed by atoms with E-state index in [9.17, 15) is 19.3 Å². The topological polar surface area (TPSA) is 81.5 Å². The predicted octanol–water partition coefficient (Wildman–Crippen LogP) is 5.38. The van der Waals surface area contributed by atoms with Crippen LogP contribution in [0.2, 0.25) is 0 Å². The smallest absolute Gasteiger partial charge is 0.275 e. The van der Waals surface area contributed by atoms with Gasteiger partial charge in [-0.15, -0.1) is 0 Å². The summed E-state index contributed by atoms with van der Waals surface area (Å²) in [6.45, 7) is 0. The molecule has 0 atom stereocenters. The molecular formula is C19H12FIN2O4. The van der Waals surface area contributed by atoms with Crippen LogP contribution >= 0.6 is 22.6 Å². The molecule has 0 aromatic heterocycles. The average molecular weight is 478 g/mol. The van der Waals surface area contributed by atoms with Crippen molar-refractivity contribution in [2.24, 2.45) is 0 Å². The number of amides is 1. The van der Waals surface area contributed by atoms with Crippen LogP contribution in [0.5, 0.6) is 11.5 Å². The molecule has 136 valence electrons. The van der Waals surface area contributed by atoms with E-state index in [1.807, 2.05) is 12.1 Å². The lowest BCUT2D eigenvalue weighted by molar-refractivity contribution is -0.384. The number of ether oxygens (including phenoxy) is 1. The highest BCUT2D eigenvalue weighted by Gasteiger charge is 2.14. The molecule has 27 heavy (non-hydrogen) atoms. The number of rotatable bonds is 5. The van der Waals surface area contributed by atoms with Crippen LogP contribution in [0.25, 0.3) is 0 Å². The first-order chi connectivity index (χ1) is 12.9. The number of nitro groups is 1. The summed E-state index contributed by atoms with van der Waals surface area (Å²) < 4.78 is 19.9. The van der Waals surface area contributed by atoms with E-state index < -0.39 is 16.6 Å². The number of nitrogens with one attached hydrogen (secondary N) is 1. The van der Waals surface area contributed by atoms with Gasteiger partial charge in [-0.05, 0) is 65.1 Å². The largest absolute Gasteiger partial charge is 0.457 e. The van der Waals surface area contributed by atoms with Gasteiger partial charge in [0.05, 0.1) is 16.7 Å². The van der Waals surface area contributed by atoms with E-state index in [1.165, 1.54) is 36.4 Å². The molecule has 0 unspecified atom stereocenters. The van der Waals surface area contributed by atoms with Crippen LogP contribution in [-0.2, 0) is 0 Å². The number of nitrogens with zero attached hydrogens (tertiary/aromatic N) is 1. The van der Waals surface area contributed by atoms with Gasteiger partial charge in [0.25, 0.3) is 11.6 Å². The van der Waals surface area contributed by atoms with Crippen molar-refractivity contribution in [3.8, 4) is 11.5 Å².